The molecule has 2 atom stereocenters. The molecule has 0 heterocycles. The maximum atomic E-state index is 6.19. The Morgan fingerprint density at radius 1 is 0.393 bits per heavy atom. The van der Waals surface area contributed by atoms with Crippen LogP contribution in [0.15, 0.2) is 97.1 Å². The summed E-state index contributed by atoms with van der Waals surface area (Å²) in [6.07, 6.45) is 37.5. The fourth-order valence-corrected chi connectivity index (χ4v) is 10.8. The molecule has 2 unspecified atom stereocenters. The number of hydrogen-bond donors (Lipinski definition) is 2. The molecule has 0 spiro atoms. The first kappa shape index (κ1) is 48.5. The Labute approximate surface area is 375 Å². The lowest BCUT2D eigenvalue weighted by atomic mass is 9.62. The van der Waals surface area contributed by atoms with Crippen molar-refractivity contribution in [1.29, 1.82) is 0 Å². The molecule has 0 saturated heterocycles. The first-order valence-corrected chi connectivity index (χ1v) is 25.9. The zero-order valence-corrected chi connectivity index (χ0v) is 39.4. The molecular weight excluding hydrogens is 737 g/mol. The van der Waals surface area contributed by atoms with Crippen LogP contribution in [0.2, 0.25) is 0 Å². The van der Waals surface area contributed by atoms with Gasteiger partial charge in [0, 0.05) is 28.6 Å². The predicted octanol–water partition coefficient (Wildman–Crippen LogP) is 18.0. The molecule has 0 aromatic heterocycles. The highest BCUT2D eigenvalue weighted by Gasteiger charge is 2.38. The Bertz CT molecular complexity index is 1580. The number of rotatable bonds is 30. The van der Waals surface area contributed by atoms with E-state index in [4.69, 9.17) is 11.5 Å². The van der Waals surface area contributed by atoms with Crippen molar-refractivity contribution in [2.24, 2.45) is 5.92 Å². The van der Waals surface area contributed by atoms with Gasteiger partial charge in [0.15, 0.2) is 0 Å². The van der Waals surface area contributed by atoms with Gasteiger partial charge in [0.1, 0.15) is 0 Å². The monoisotopic (exact) mass is 825 g/mol. The first-order valence-electron chi connectivity index (χ1n) is 25.9. The number of anilines is 2. The smallest absolute Gasteiger partial charge is 0.0314 e. The van der Waals surface area contributed by atoms with E-state index in [-0.39, 0.29) is 5.41 Å². The fraction of sp³-hybridized carbons (Fsp3) is 0.593. The second-order valence-corrected chi connectivity index (χ2v) is 19.4. The second-order valence-electron chi connectivity index (χ2n) is 19.4. The van der Waals surface area contributed by atoms with Gasteiger partial charge >= 0.3 is 0 Å². The van der Waals surface area contributed by atoms with Gasteiger partial charge in [-0.05, 0) is 102 Å². The SMILES string of the molecule is CCCCCCCCCCCC(c1ccc(N)cc1)c1ccc(C2(c3ccc(C(CCCCCCCCCCC)c4ccc(N)cc4)cc3)CCC(CCCCC)CC2)cc1. The summed E-state index contributed by atoms with van der Waals surface area (Å²) in [4.78, 5) is 0. The summed E-state index contributed by atoms with van der Waals surface area (Å²) in [5.41, 5.74) is 22.9. The molecule has 1 aliphatic rings. The van der Waals surface area contributed by atoms with Gasteiger partial charge in [0.25, 0.3) is 0 Å². The number of nitrogens with two attached hydrogens (primary N) is 2. The maximum Gasteiger partial charge on any atom is 0.0314 e. The molecule has 334 valence electrons. The van der Waals surface area contributed by atoms with Crippen molar-refractivity contribution in [3.63, 3.8) is 0 Å². The topological polar surface area (TPSA) is 52.0 Å². The van der Waals surface area contributed by atoms with Crippen LogP contribution in [-0.4, -0.2) is 0 Å². The van der Waals surface area contributed by atoms with Crippen molar-refractivity contribution in [2.45, 2.75) is 218 Å². The van der Waals surface area contributed by atoms with E-state index < -0.39 is 0 Å². The summed E-state index contributed by atoms with van der Waals surface area (Å²) < 4.78 is 0. The minimum Gasteiger partial charge on any atom is -0.399 e. The molecule has 2 heteroatoms. The van der Waals surface area contributed by atoms with Crippen molar-refractivity contribution >= 4 is 11.4 Å². The Kier molecular flexibility index (Phi) is 21.9. The molecule has 61 heavy (non-hydrogen) atoms. The Hall–Kier alpha value is -3.52. The number of nitrogen functional groups attached to an aromatic ring is 2. The highest BCUT2D eigenvalue weighted by Crippen LogP contribution is 2.48. The third-order valence-electron chi connectivity index (χ3n) is 14.8. The van der Waals surface area contributed by atoms with E-state index in [2.05, 4.69) is 118 Å². The van der Waals surface area contributed by atoms with Crippen LogP contribution in [-0.2, 0) is 5.41 Å². The molecule has 0 bridgehead atoms. The van der Waals surface area contributed by atoms with Gasteiger partial charge in [0.2, 0.25) is 0 Å². The molecule has 1 saturated carbocycles. The molecule has 0 aliphatic heterocycles. The molecule has 2 nitrogen and oxygen atoms in total. The maximum absolute atomic E-state index is 6.19. The van der Waals surface area contributed by atoms with Crippen molar-refractivity contribution in [2.75, 3.05) is 11.5 Å². The minimum absolute atomic E-state index is 0.0555. The minimum atomic E-state index is 0.0555. The third kappa shape index (κ3) is 15.7. The summed E-state index contributed by atoms with van der Waals surface area (Å²) in [6.45, 7) is 6.95. The molecule has 1 aliphatic carbocycles. The lowest BCUT2D eigenvalue weighted by Crippen LogP contribution is -2.33. The van der Waals surface area contributed by atoms with E-state index in [1.807, 2.05) is 0 Å². The Balaban J connectivity index is 1.34. The molecule has 1 fully saturated rings. The van der Waals surface area contributed by atoms with E-state index >= 15 is 0 Å². The molecule has 4 N–H and O–H groups in total. The van der Waals surface area contributed by atoms with Crippen LogP contribution in [0.25, 0.3) is 0 Å². The van der Waals surface area contributed by atoms with Gasteiger partial charge in [-0.2, -0.15) is 0 Å². The predicted molar refractivity (Wildman–Crippen MR) is 269 cm³/mol. The van der Waals surface area contributed by atoms with Gasteiger partial charge < -0.3 is 11.5 Å². The van der Waals surface area contributed by atoms with Gasteiger partial charge in [-0.15, -0.1) is 0 Å². The number of unbranched alkanes of at least 4 members (excludes halogenated alkanes) is 18. The zero-order chi connectivity index (χ0) is 43.0. The lowest BCUT2D eigenvalue weighted by molar-refractivity contribution is 0.250. The Morgan fingerprint density at radius 3 is 1.03 bits per heavy atom. The fourth-order valence-electron chi connectivity index (χ4n) is 10.8. The van der Waals surface area contributed by atoms with Gasteiger partial charge in [-0.25, -0.2) is 0 Å². The number of benzene rings is 4. The van der Waals surface area contributed by atoms with Crippen LogP contribution >= 0.6 is 0 Å². The van der Waals surface area contributed by atoms with Crippen LogP contribution in [0.3, 0.4) is 0 Å². The molecule has 4 aromatic rings. The number of hydrogen-bond acceptors (Lipinski definition) is 2. The summed E-state index contributed by atoms with van der Waals surface area (Å²) >= 11 is 0. The summed E-state index contributed by atoms with van der Waals surface area (Å²) in [5, 5.41) is 0. The highest BCUT2D eigenvalue weighted by molar-refractivity contribution is 5.47. The van der Waals surface area contributed by atoms with Crippen molar-refractivity contribution in [3.05, 3.63) is 130 Å². The van der Waals surface area contributed by atoms with Crippen LogP contribution in [0, 0.1) is 5.92 Å². The van der Waals surface area contributed by atoms with Crippen LogP contribution < -0.4 is 11.5 Å². The van der Waals surface area contributed by atoms with E-state index in [0.717, 1.165) is 17.3 Å². The summed E-state index contributed by atoms with van der Waals surface area (Å²) in [7, 11) is 0. The van der Waals surface area contributed by atoms with Crippen LogP contribution in [0.4, 0.5) is 11.4 Å². The second kappa shape index (κ2) is 27.5. The quantitative estimate of drug-likeness (QED) is 0.0406. The first-order chi connectivity index (χ1) is 30.0. The molecule has 0 amide bonds. The summed E-state index contributed by atoms with van der Waals surface area (Å²) in [6, 6.07) is 37.6. The Morgan fingerprint density at radius 2 is 0.689 bits per heavy atom. The zero-order valence-electron chi connectivity index (χ0n) is 39.4. The molecule has 4 aromatic carbocycles. The van der Waals surface area contributed by atoms with Gasteiger partial charge in [0.05, 0.1) is 0 Å². The average Bonchev–Trinajstić information content (AvgIpc) is 3.29. The van der Waals surface area contributed by atoms with E-state index in [1.54, 1.807) is 0 Å². The van der Waals surface area contributed by atoms with Crippen LogP contribution in [0.1, 0.15) is 246 Å². The van der Waals surface area contributed by atoms with E-state index in [0.29, 0.717) is 11.8 Å². The highest BCUT2D eigenvalue weighted by atomic mass is 14.5. The van der Waals surface area contributed by atoms with Gasteiger partial charge in [-0.3, -0.25) is 0 Å². The van der Waals surface area contributed by atoms with Gasteiger partial charge in [-0.1, -0.05) is 235 Å². The van der Waals surface area contributed by atoms with Crippen molar-refractivity contribution in [1.82, 2.24) is 0 Å². The molecule has 0 radical (unpaired) electrons. The lowest BCUT2D eigenvalue weighted by Gasteiger charge is -2.42. The normalized spacial score (nSPS) is 17.7. The largest absolute Gasteiger partial charge is 0.399 e. The summed E-state index contributed by atoms with van der Waals surface area (Å²) in [5.74, 6) is 1.66. The standard InChI is InChI=1S/C59H88N2/c1-4-7-10-12-14-16-18-20-23-26-57(51-32-40-55(60)41-33-51)49-28-36-53(37-29-49)59(46-44-48(45-47-59)25-22-9-6-3)54-38-30-50(31-39-54)58(52-34-42-56(61)43-35-52)27-24-21-19-17-15-13-11-8-5-2/h28-43,48,57-58H,4-27,44-47,60-61H2,1-3H3. The average molecular weight is 825 g/mol. The van der Waals surface area contributed by atoms with Crippen molar-refractivity contribution < 1.29 is 0 Å². The van der Waals surface area contributed by atoms with E-state index in [1.165, 1.54) is 213 Å². The third-order valence-corrected chi connectivity index (χ3v) is 14.8. The van der Waals surface area contributed by atoms with Crippen molar-refractivity contribution in [3.8, 4) is 0 Å². The van der Waals surface area contributed by atoms with E-state index in [9.17, 15) is 0 Å². The molecule has 5 rings (SSSR count). The van der Waals surface area contributed by atoms with Crippen LogP contribution in [0.5, 0.6) is 0 Å². The molecular formula is C59H88N2.